The fraction of sp³-hybridized carbons (Fsp3) is 0.350. The zero-order valence-corrected chi connectivity index (χ0v) is 17.5. The van der Waals surface area contributed by atoms with E-state index < -0.39 is 10.0 Å². The molecule has 1 aliphatic rings. The Morgan fingerprint density at radius 2 is 1.43 bits per heavy atom. The number of nitrogens with zero attached hydrogens (tertiary/aromatic N) is 4. The largest absolute Gasteiger partial charge is 0.317 e. The Hall–Kier alpha value is -2.00. The smallest absolute Gasteiger partial charge is 0.243 e. The summed E-state index contributed by atoms with van der Waals surface area (Å²) in [5.74, 6) is 0. The molecule has 0 spiro atoms. The van der Waals surface area contributed by atoms with Crippen LogP contribution in [0.4, 0.5) is 0 Å². The first-order chi connectivity index (χ1) is 13.5. The van der Waals surface area contributed by atoms with E-state index in [0.717, 1.165) is 22.3 Å². The minimum atomic E-state index is -3.43. The van der Waals surface area contributed by atoms with Crippen LogP contribution < -0.4 is 0 Å². The quantitative estimate of drug-likeness (QED) is 0.600. The molecule has 4 rings (SSSR count). The van der Waals surface area contributed by atoms with E-state index >= 15 is 0 Å². The molecule has 3 aromatic rings. The molecule has 1 aliphatic heterocycles. The maximum atomic E-state index is 12.8. The van der Waals surface area contributed by atoms with Crippen LogP contribution in [0.15, 0.2) is 59.5 Å². The summed E-state index contributed by atoms with van der Waals surface area (Å²) >= 11 is 5.70. The second-order valence-electron chi connectivity index (χ2n) is 6.92. The summed E-state index contributed by atoms with van der Waals surface area (Å²) in [5.41, 5.74) is 2.26. The number of piperazine rings is 1. The van der Waals surface area contributed by atoms with Crippen LogP contribution in [0.2, 0.25) is 0 Å². The highest BCUT2D eigenvalue weighted by atomic mass is 32.2. The Kier molecular flexibility index (Phi) is 5.37. The van der Waals surface area contributed by atoms with Crippen molar-refractivity contribution in [1.29, 1.82) is 0 Å². The molecular formula is C20H24N4O2S2. The standard InChI is InChI=1S/C20H24N4O2S2/c1-2-23-18-10-6-7-11-19(18)24(20(23)27)16-21-12-14-22(15-13-21)28(25,26)17-8-4-3-5-9-17/h3-11H,2,12-16H2,1H3. The van der Waals surface area contributed by atoms with Crippen molar-refractivity contribution in [3.8, 4) is 0 Å². The first kappa shape index (κ1) is 19.3. The fourth-order valence-electron chi connectivity index (χ4n) is 3.77. The van der Waals surface area contributed by atoms with E-state index in [0.29, 0.717) is 37.7 Å². The van der Waals surface area contributed by atoms with Crippen LogP contribution in [0.1, 0.15) is 6.92 Å². The number of aryl methyl sites for hydroxylation is 1. The number of imidazole rings is 1. The summed E-state index contributed by atoms with van der Waals surface area (Å²) in [4.78, 5) is 2.62. The van der Waals surface area contributed by atoms with Crippen molar-refractivity contribution in [2.45, 2.75) is 25.0 Å². The van der Waals surface area contributed by atoms with Gasteiger partial charge in [-0.05, 0) is 43.4 Å². The van der Waals surface area contributed by atoms with Gasteiger partial charge in [0.25, 0.3) is 0 Å². The maximum Gasteiger partial charge on any atom is 0.243 e. The number of aromatic nitrogens is 2. The molecule has 2 aromatic carbocycles. The number of hydrogen-bond donors (Lipinski definition) is 0. The molecule has 2 heterocycles. The molecular weight excluding hydrogens is 392 g/mol. The number of benzene rings is 2. The average molecular weight is 417 g/mol. The third kappa shape index (κ3) is 3.41. The highest BCUT2D eigenvalue weighted by Crippen LogP contribution is 2.21. The molecule has 1 aromatic heterocycles. The lowest BCUT2D eigenvalue weighted by molar-refractivity contribution is 0.153. The van der Waals surface area contributed by atoms with Gasteiger partial charge in [-0.1, -0.05) is 30.3 Å². The van der Waals surface area contributed by atoms with E-state index in [2.05, 4.69) is 33.1 Å². The topological polar surface area (TPSA) is 50.5 Å². The SMILES string of the molecule is CCn1c(=S)n(CN2CCN(S(=O)(=O)c3ccccc3)CC2)c2ccccc21. The third-order valence-corrected chi connectivity index (χ3v) is 7.65. The second-order valence-corrected chi connectivity index (χ2v) is 9.22. The summed E-state index contributed by atoms with van der Waals surface area (Å²) in [6, 6.07) is 16.9. The average Bonchev–Trinajstić information content (AvgIpc) is 3.00. The predicted molar refractivity (Wildman–Crippen MR) is 113 cm³/mol. The summed E-state index contributed by atoms with van der Waals surface area (Å²) in [7, 11) is -3.43. The summed E-state index contributed by atoms with van der Waals surface area (Å²) < 4.78 is 32.3. The van der Waals surface area contributed by atoms with Gasteiger partial charge in [-0.25, -0.2) is 8.42 Å². The monoisotopic (exact) mass is 416 g/mol. The maximum absolute atomic E-state index is 12.8. The minimum Gasteiger partial charge on any atom is -0.317 e. The molecule has 1 fully saturated rings. The Morgan fingerprint density at radius 1 is 0.857 bits per heavy atom. The molecule has 0 saturated carbocycles. The first-order valence-corrected chi connectivity index (χ1v) is 11.3. The Morgan fingerprint density at radius 3 is 2.04 bits per heavy atom. The van der Waals surface area contributed by atoms with E-state index in [-0.39, 0.29) is 0 Å². The molecule has 8 heteroatoms. The summed E-state index contributed by atoms with van der Waals surface area (Å²) in [5, 5.41) is 0. The fourth-order valence-corrected chi connectivity index (χ4v) is 5.59. The number of hydrogen-bond acceptors (Lipinski definition) is 4. The van der Waals surface area contributed by atoms with Gasteiger partial charge in [0.2, 0.25) is 10.0 Å². The number of para-hydroxylation sites is 2. The highest BCUT2D eigenvalue weighted by molar-refractivity contribution is 7.89. The number of rotatable bonds is 5. The van der Waals surface area contributed by atoms with Gasteiger partial charge in [-0.15, -0.1) is 0 Å². The molecule has 148 valence electrons. The van der Waals surface area contributed by atoms with E-state index in [1.807, 2.05) is 18.2 Å². The Bertz CT molecular complexity index is 1130. The third-order valence-electron chi connectivity index (χ3n) is 5.30. The molecule has 6 nitrogen and oxygen atoms in total. The highest BCUT2D eigenvalue weighted by Gasteiger charge is 2.28. The van der Waals surface area contributed by atoms with Crippen molar-refractivity contribution in [3.05, 3.63) is 59.4 Å². The van der Waals surface area contributed by atoms with E-state index in [1.54, 1.807) is 28.6 Å². The molecule has 0 aliphatic carbocycles. The van der Waals surface area contributed by atoms with Gasteiger partial charge in [0, 0.05) is 32.7 Å². The second kappa shape index (κ2) is 7.79. The van der Waals surface area contributed by atoms with E-state index in [1.165, 1.54) is 0 Å². The van der Waals surface area contributed by atoms with Crippen LogP contribution >= 0.6 is 12.2 Å². The number of fused-ring (bicyclic) bond motifs is 1. The van der Waals surface area contributed by atoms with Gasteiger partial charge >= 0.3 is 0 Å². The summed E-state index contributed by atoms with van der Waals surface area (Å²) in [6.07, 6.45) is 0. The molecule has 1 saturated heterocycles. The molecule has 0 unspecified atom stereocenters. The van der Waals surface area contributed by atoms with Gasteiger partial charge in [0.15, 0.2) is 4.77 Å². The molecule has 0 bridgehead atoms. The summed E-state index contributed by atoms with van der Waals surface area (Å²) in [6.45, 7) is 5.92. The van der Waals surface area contributed by atoms with Crippen LogP contribution in [0.25, 0.3) is 11.0 Å². The predicted octanol–water partition coefficient (Wildman–Crippen LogP) is 3.16. The lowest BCUT2D eigenvalue weighted by Gasteiger charge is -2.34. The van der Waals surface area contributed by atoms with Crippen LogP contribution in [0, 0.1) is 4.77 Å². The molecule has 0 atom stereocenters. The van der Waals surface area contributed by atoms with Crippen molar-refractivity contribution in [2.24, 2.45) is 0 Å². The van der Waals surface area contributed by atoms with Crippen LogP contribution in [-0.4, -0.2) is 52.9 Å². The van der Waals surface area contributed by atoms with Crippen molar-refractivity contribution >= 4 is 33.3 Å². The first-order valence-electron chi connectivity index (χ1n) is 9.48. The molecule has 28 heavy (non-hydrogen) atoms. The van der Waals surface area contributed by atoms with Crippen LogP contribution in [0.3, 0.4) is 0 Å². The van der Waals surface area contributed by atoms with E-state index in [9.17, 15) is 8.42 Å². The zero-order chi connectivity index (χ0) is 19.7. The zero-order valence-electron chi connectivity index (χ0n) is 15.9. The van der Waals surface area contributed by atoms with Crippen LogP contribution in [-0.2, 0) is 23.2 Å². The molecule has 0 radical (unpaired) electrons. The lowest BCUT2D eigenvalue weighted by Crippen LogP contribution is -2.48. The lowest BCUT2D eigenvalue weighted by atomic mass is 10.3. The molecule has 0 amide bonds. The van der Waals surface area contributed by atoms with Gasteiger partial charge in [0.1, 0.15) is 0 Å². The number of sulfonamides is 1. The van der Waals surface area contributed by atoms with Gasteiger partial charge < -0.3 is 9.13 Å². The molecule has 0 N–H and O–H groups in total. The van der Waals surface area contributed by atoms with Gasteiger partial charge in [0.05, 0.1) is 22.6 Å². The van der Waals surface area contributed by atoms with Gasteiger partial charge in [-0.3, -0.25) is 4.90 Å². The van der Waals surface area contributed by atoms with Crippen molar-refractivity contribution in [2.75, 3.05) is 26.2 Å². The van der Waals surface area contributed by atoms with Gasteiger partial charge in [-0.2, -0.15) is 4.31 Å². The van der Waals surface area contributed by atoms with Crippen molar-refractivity contribution in [1.82, 2.24) is 18.3 Å². The van der Waals surface area contributed by atoms with Crippen molar-refractivity contribution < 1.29 is 8.42 Å². The Balaban J connectivity index is 1.51. The minimum absolute atomic E-state index is 0.358. The van der Waals surface area contributed by atoms with E-state index in [4.69, 9.17) is 12.2 Å². The Labute approximate surface area is 170 Å². The van der Waals surface area contributed by atoms with Crippen molar-refractivity contribution in [3.63, 3.8) is 0 Å². The van der Waals surface area contributed by atoms with Crippen LogP contribution in [0.5, 0.6) is 0 Å². The normalized spacial score (nSPS) is 16.6.